The van der Waals surface area contributed by atoms with E-state index in [9.17, 15) is 9.59 Å². The Morgan fingerprint density at radius 1 is 1.15 bits per heavy atom. The third kappa shape index (κ3) is 7.34. The molecule has 0 fully saturated rings. The average Bonchev–Trinajstić information content (AvgIpc) is 3.34. The van der Waals surface area contributed by atoms with E-state index in [1.807, 2.05) is 57.9 Å². The molecule has 34 heavy (non-hydrogen) atoms. The van der Waals surface area contributed by atoms with Crippen molar-refractivity contribution in [2.24, 2.45) is 5.92 Å². The number of fused-ring (bicyclic) bond motifs is 1. The smallest absolute Gasteiger partial charge is 0.257 e. The van der Waals surface area contributed by atoms with Gasteiger partial charge in [0, 0.05) is 45.0 Å². The Morgan fingerprint density at radius 2 is 1.94 bits per heavy atom. The van der Waals surface area contributed by atoms with E-state index in [1.54, 1.807) is 6.20 Å². The lowest BCUT2D eigenvalue weighted by Crippen LogP contribution is -2.45. The Hall–Kier alpha value is -2.83. The van der Waals surface area contributed by atoms with Gasteiger partial charge in [0.25, 0.3) is 5.91 Å². The minimum Gasteiger partial charge on any atom is -0.491 e. The van der Waals surface area contributed by atoms with Crippen LogP contribution in [0, 0.1) is 5.92 Å². The predicted molar refractivity (Wildman–Crippen MR) is 134 cm³/mol. The summed E-state index contributed by atoms with van der Waals surface area (Å²) in [5.74, 6) is 1.22. The number of carbonyl (C=O) groups excluding carboxylic acids is 2. The maximum atomic E-state index is 13.4. The first-order chi connectivity index (χ1) is 16.5. The lowest BCUT2D eigenvalue weighted by molar-refractivity contribution is -0.134. The summed E-state index contributed by atoms with van der Waals surface area (Å²) in [5, 5.41) is 4.24. The quantitative estimate of drug-likeness (QED) is 0.594. The van der Waals surface area contributed by atoms with E-state index in [0.29, 0.717) is 36.8 Å². The third-order valence-electron chi connectivity index (χ3n) is 6.39. The molecule has 0 bridgehead atoms. The minimum atomic E-state index is -0.0246. The summed E-state index contributed by atoms with van der Waals surface area (Å²) in [4.78, 5) is 30.5. The highest BCUT2D eigenvalue weighted by molar-refractivity contribution is 5.96. The van der Waals surface area contributed by atoms with Crippen LogP contribution < -0.4 is 4.74 Å². The van der Waals surface area contributed by atoms with Crippen LogP contribution in [-0.2, 0) is 11.3 Å². The summed E-state index contributed by atoms with van der Waals surface area (Å²) < 4.78 is 8.14. The van der Waals surface area contributed by atoms with Gasteiger partial charge in [0.1, 0.15) is 12.4 Å². The van der Waals surface area contributed by atoms with E-state index >= 15 is 0 Å². The van der Waals surface area contributed by atoms with Gasteiger partial charge in [-0.25, -0.2) is 0 Å². The fourth-order valence-corrected chi connectivity index (χ4v) is 4.60. The lowest BCUT2D eigenvalue weighted by atomic mass is 10.0. The van der Waals surface area contributed by atoms with Crippen molar-refractivity contribution in [3.8, 4) is 5.75 Å². The van der Waals surface area contributed by atoms with Crippen molar-refractivity contribution in [2.75, 3.05) is 26.2 Å². The molecule has 1 aliphatic rings. The SMILES string of the molecule is CCN1CCCCCN(C(=O)CCCn2cccn2)[C@@H](CC(C)C)COc2ccccc2C1=O. The zero-order chi connectivity index (χ0) is 24.3. The highest BCUT2D eigenvalue weighted by Gasteiger charge is 2.26. The summed E-state index contributed by atoms with van der Waals surface area (Å²) in [5.41, 5.74) is 0.601. The maximum absolute atomic E-state index is 13.4. The van der Waals surface area contributed by atoms with Crippen molar-refractivity contribution in [2.45, 2.75) is 71.9 Å². The van der Waals surface area contributed by atoms with E-state index in [-0.39, 0.29) is 17.9 Å². The van der Waals surface area contributed by atoms with Gasteiger partial charge in [-0.15, -0.1) is 0 Å². The largest absolute Gasteiger partial charge is 0.491 e. The molecule has 1 aromatic heterocycles. The van der Waals surface area contributed by atoms with Crippen molar-refractivity contribution in [3.05, 3.63) is 48.3 Å². The Morgan fingerprint density at radius 3 is 2.68 bits per heavy atom. The Balaban J connectivity index is 1.78. The molecular weight excluding hydrogens is 428 g/mol. The first-order valence-corrected chi connectivity index (χ1v) is 12.8. The molecule has 2 heterocycles. The molecular formula is C27H40N4O3. The van der Waals surface area contributed by atoms with Gasteiger partial charge in [-0.3, -0.25) is 14.3 Å². The number of para-hydroxylation sites is 1. The van der Waals surface area contributed by atoms with E-state index in [4.69, 9.17) is 4.74 Å². The Bertz CT molecular complexity index is 897. The number of nitrogens with zero attached hydrogens (tertiary/aromatic N) is 4. The van der Waals surface area contributed by atoms with Crippen LogP contribution in [0.25, 0.3) is 0 Å². The molecule has 3 rings (SSSR count). The number of benzene rings is 1. The highest BCUT2D eigenvalue weighted by atomic mass is 16.5. The second kappa shape index (κ2) is 13.2. The molecule has 0 aliphatic carbocycles. The van der Waals surface area contributed by atoms with Crippen molar-refractivity contribution >= 4 is 11.8 Å². The zero-order valence-corrected chi connectivity index (χ0v) is 21.0. The lowest BCUT2D eigenvalue weighted by Gasteiger charge is -2.33. The van der Waals surface area contributed by atoms with Crippen LogP contribution >= 0.6 is 0 Å². The molecule has 186 valence electrons. The van der Waals surface area contributed by atoms with Crippen LogP contribution in [0.1, 0.15) is 69.7 Å². The van der Waals surface area contributed by atoms with Gasteiger partial charge in [0.2, 0.25) is 5.91 Å². The Labute approximate surface area is 204 Å². The number of rotatable bonds is 7. The van der Waals surface area contributed by atoms with Crippen molar-refractivity contribution < 1.29 is 14.3 Å². The molecule has 1 atom stereocenters. The molecule has 0 saturated heterocycles. The summed E-state index contributed by atoms with van der Waals surface area (Å²) in [7, 11) is 0. The van der Waals surface area contributed by atoms with Crippen LogP contribution in [-0.4, -0.2) is 63.7 Å². The monoisotopic (exact) mass is 468 g/mol. The van der Waals surface area contributed by atoms with Crippen LogP contribution in [0.15, 0.2) is 42.7 Å². The van der Waals surface area contributed by atoms with Crippen molar-refractivity contribution in [3.63, 3.8) is 0 Å². The number of hydrogen-bond acceptors (Lipinski definition) is 4. The van der Waals surface area contributed by atoms with Crippen molar-refractivity contribution in [1.29, 1.82) is 0 Å². The van der Waals surface area contributed by atoms with Gasteiger partial charge in [0.05, 0.1) is 11.6 Å². The minimum absolute atomic E-state index is 0.0179. The van der Waals surface area contributed by atoms with Gasteiger partial charge in [0.15, 0.2) is 0 Å². The van der Waals surface area contributed by atoms with E-state index in [2.05, 4.69) is 18.9 Å². The fraction of sp³-hybridized carbons (Fsp3) is 0.593. The molecule has 2 amide bonds. The molecule has 0 unspecified atom stereocenters. The molecule has 0 N–H and O–H groups in total. The number of ether oxygens (including phenoxy) is 1. The molecule has 0 saturated carbocycles. The van der Waals surface area contributed by atoms with Crippen LogP contribution in [0.4, 0.5) is 0 Å². The third-order valence-corrected chi connectivity index (χ3v) is 6.39. The highest BCUT2D eigenvalue weighted by Crippen LogP contribution is 2.23. The second-order valence-electron chi connectivity index (χ2n) is 9.50. The molecule has 7 nitrogen and oxygen atoms in total. The summed E-state index contributed by atoms with van der Waals surface area (Å²) in [6.45, 7) is 9.61. The predicted octanol–water partition coefficient (Wildman–Crippen LogP) is 4.63. The van der Waals surface area contributed by atoms with E-state index < -0.39 is 0 Å². The van der Waals surface area contributed by atoms with Gasteiger partial charge in [-0.1, -0.05) is 26.0 Å². The molecule has 7 heteroatoms. The number of hydrogen-bond donors (Lipinski definition) is 0. The van der Waals surface area contributed by atoms with Crippen LogP contribution in [0.2, 0.25) is 0 Å². The van der Waals surface area contributed by atoms with Crippen LogP contribution in [0.5, 0.6) is 5.75 Å². The number of aryl methyl sites for hydroxylation is 1. The fourth-order valence-electron chi connectivity index (χ4n) is 4.60. The zero-order valence-electron chi connectivity index (χ0n) is 21.0. The number of amides is 2. The molecule has 1 aromatic carbocycles. The second-order valence-corrected chi connectivity index (χ2v) is 9.50. The van der Waals surface area contributed by atoms with E-state index in [1.165, 1.54) is 0 Å². The average molecular weight is 469 g/mol. The van der Waals surface area contributed by atoms with Gasteiger partial charge < -0.3 is 14.5 Å². The van der Waals surface area contributed by atoms with Gasteiger partial charge in [-0.05, 0) is 63.1 Å². The van der Waals surface area contributed by atoms with Gasteiger partial charge in [-0.2, -0.15) is 5.10 Å². The molecule has 0 spiro atoms. The summed E-state index contributed by atoms with van der Waals surface area (Å²) in [6.07, 6.45) is 8.65. The van der Waals surface area contributed by atoms with Gasteiger partial charge >= 0.3 is 0 Å². The molecule has 0 radical (unpaired) electrons. The maximum Gasteiger partial charge on any atom is 0.257 e. The van der Waals surface area contributed by atoms with Crippen molar-refractivity contribution in [1.82, 2.24) is 19.6 Å². The van der Waals surface area contributed by atoms with Crippen LogP contribution in [0.3, 0.4) is 0 Å². The molecule has 1 aliphatic heterocycles. The number of carbonyl (C=O) groups is 2. The summed E-state index contributed by atoms with van der Waals surface area (Å²) in [6, 6.07) is 9.37. The molecule has 2 aromatic rings. The normalized spacial score (nSPS) is 18.0. The standard InChI is InChI=1S/C27H40N4O3/c1-4-29-16-8-5-9-19-31(26(32)14-10-17-30-18-11-15-28-30)23(20-22(2)3)21-34-25-13-7-6-12-24(25)27(29)33/h6-7,11-13,15,18,22-23H,4-5,8-10,14,16-17,19-21H2,1-3H3/t23-/m0/s1. The summed E-state index contributed by atoms with van der Waals surface area (Å²) >= 11 is 0. The first kappa shape index (κ1) is 25.8. The number of aromatic nitrogens is 2. The van der Waals surface area contributed by atoms with E-state index in [0.717, 1.165) is 51.7 Å². The first-order valence-electron chi connectivity index (χ1n) is 12.8. The topological polar surface area (TPSA) is 67.7 Å². The Kier molecular flexibility index (Phi) is 9.98.